The molecule has 17 heavy (non-hydrogen) atoms. The van der Waals surface area contributed by atoms with Crippen LogP contribution in [0.25, 0.3) is 0 Å². The minimum absolute atomic E-state index is 0.411. The quantitative estimate of drug-likeness (QED) is 0.779. The van der Waals surface area contributed by atoms with Crippen LogP contribution in [-0.2, 0) is 4.74 Å². The molecule has 0 saturated carbocycles. The van der Waals surface area contributed by atoms with Gasteiger partial charge in [0.1, 0.15) is 0 Å². The van der Waals surface area contributed by atoms with Crippen molar-refractivity contribution in [3.05, 3.63) is 0 Å². The van der Waals surface area contributed by atoms with E-state index in [9.17, 15) is 4.79 Å². The van der Waals surface area contributed by atoms with E-state index < -0.39 is 6.09 Å². The number of ether oxygens (including phenoxy) is 1. The van der Waals surface area contributed by atoms with Crippen molar-refractivity contribution in [3.63, 3.8) is 0 Å². The first-order valence-corrected chi connectivity index (χ1v) is 6.56. The van der Waals surface area contributed by atoms with E-state index in [4.69, 9.17) is 9.84 Å². The first-order chi connectivity index (χ1) is 8.25. The lowest BCUT2D eigenvalue weighted by molar-refractivity contribution is -0.000734. The molecule has 0 aromatic carbocycles. The average molecular weight is 242 g/mol. The van der Waals surface area contributed by atoms with Gasteiger partial charge in [-0.25, -0.2) is 4.79 Å². The third-order valence-corrected chi connectivity index (χ3v) is 3.74. The fourth-order valence-electron chi connectivity index (χ4n) is 2.53. The largest absolute Gasteiger partial charge is 0.465 e. The van der Waals surface area contributed by atoms with Gasteiger partial charge in [-0.3, -0.25) is 0 Å². The smallest absolute Gasteiger partial charge is 0.407 e. The van der Waals surface area contributed by atoms with E-state index in [-0.39, 0.29) is 0 Å². The van der Waals surface area contributed by atoms with Gasteiger partial charge in [0, 0.05) is 19.7 Å². The van der Waals surface area contributed by atoms with Crippen molar-refractivity contribution >= 4 is 6.09 Å². The molecule has 0 spiro atoms. The number of nitrogens with one attached hydrogen (secondary N) is 1. The number of carboxylic acid groups (broad SMARTS) is 1. The van der Waals surface area contributed by atoms with E-state index in [1.807, 2.05) is 0 Å². The van der Waals surface area contributed by atoms with Gasteiger partial charge in [0.15, 0.2) is 0 Å². The van der Waals surface area contributed by atoms with Gasteiger partial charge in [0.2, 0.25) is 0 Å². The summed E-state index contributed by atoms with van der Waals surface area (Å²) >= 11 is 0. The van der Waals surface area contributed by atoms with Crippen LogP contribution < -0.4 is 5.32 Å². The Morgan fingerprint density at radius 2 is 1.88 bits per heavy atom. The summed E-state index contributed by atoms with van der Waals surface area (Å²) in [5, 5.41) is 12.2. The topological polar surface area (TPSA) is 61.8 Å². The molecule has 98 valence electrons. The van der Waals surface area contributed by atoms with E-state index in [1.165, 1.54) is 4.90 Å². The van der Waals surface area contributed by atoms with Crippen molar-refractivity contribution in [2.75, 3.05) is 32.8 Å². The molecule has 2 fully saturated rings. The second-order valence-corrected chi connectivity index (χ2v) is 5.00. The Hall–Kier alpha value is -0.810. The number of amides is 1. The van der Waals surface area contributed by atoms with Crippen LogP contribution in [0.3, 0.4) is 0 Å². The molecule has 0 aromatic rings. The Bertz CT molecular complexity index is 246. The summed E-state index contributed by atoms with van der Waals surface area (Å²) in [5.41, 5.74) is 0. The lowest BCUT2D eigenvalue weighted by atomic mass is 9.98. The number of piperidine rings is 2. The van der Waals surface area contributed by atoms with Crippen molar-refractivity contribution in [3.8, 4) is 0 Å². The molecule has 0 aliphatic carbocycles. The van der Waals surface area contributed by atoms with Gasteiger partial charge >= 0.3 is 6.09 Å². The molecule has 0 unspecified atom stereocenters. The van der Waals surface area contributed by atoms with Crippen molar-refractivity contribution in [1.82, 2.24) is 10.2 Å². The van der Waals surface area contributed by atoms with Gasteiger partial charge < -0.3 is 20.1 Å². The van der Waals surface area contributed by atoms with Gasteiger partial charge in [-0.05, 0) is 44.7 Å². The normalized spacial score (nSPS) is 23.9. The molecule has 2 saturated heterocycles. The highest BCUT2D eigenvalue weighted by Gasteiger charge is 2.23. The van der Waals surface area contributed by atoms with Crippen LogP contribution in [0.2, 0.25) is 0 Å². The predicted molar refractivity (Wildman–Crippen MR) is 64.2 cm³/mol. The van der Waals surface area contributed by atoms with E-state index in [1.54, 1.807) is 0 Å². The molecule has 2 aliphatic rings. The highest BCUT2D eigenvalue weighted by atomic mass is 16.5. The summed E-state index contributed by atoms with van der Waals surface area (Å²) in [7, 11) is 0. The van der Waals surface area contributed by atoms with Gasteiger partial charge in [0.25, 0.3) is 0 Å². The third kappa shape index (κ3) is 3.85. The molecule has 0 aromatic heterocycles. The van der Waals surface area contributed by atoms with Crippen molar-refractivity contribution in [2.45, 2.75) is 31.8 Å². The van der Waals surface area contributed by atoms with Crippen molar-refractivity contribution in [2.24, 2.45) is 5.92 Å². The lowest BCUT2D eigenvalue weighted by Crippen LogP contribution is -2.39. The Morgan fingerprint density at radius 3 is 2.47 bits per heavy atom. The fraction of sp³-hybridized carbons (Fsp3) is 0.917. The summed E-state index contributed by atoms with van der Waals surface area (Å²) in [5.74, 6) is 0.542. The molecule has 2 N–H and O–H groups in total. The van der Waals surface area contributed by atoms with Crippen LogP contribution in [0, 0.1) is 5.92 Å². The number of hydrogen-bond donors (Lipinski definition) is 2. The number of likely N-dealkylation sites (tertiary alicyclic amines) is 1. The molecule has 0 atom stereocenters. The highest BCUT2D eigenvalue weighted by molar-refractivity contribution is 5.64. The van der Waals surface area contributed by atoms with E-state index >= 15 is 0 Å². The van der Waals surface area contributed by atoms with Crippen LogP contribution in [0.5, 0.6) is 0 Å². The van der Waals surface area contributed by atoms with E-state index in [2.05, 4.69) is 5.32 Å². The monoisotopic (exact) mass is 242 g/mol. The maximum atomic E-state index is 10.8. The Labute approximate surface area is 102 Å². The van der Waals surface area contributed by atoms with Gasteiger partial charge in [-0.15, -0.1) is 0 Å². The average Bonchev–Trinajstić information content (AvgIpc) is 2.38. The third-order valence-electron chi connectivity index (χ3n) is 3.74. The number of nitrogens with zero attached hydrogens (tertiary/aromatic N) is 1. The second kappa shape index (κ2) is 6.21. The predicted octanol–water partition coefficient (Wildman–Crippen LogP) is 1.14. The molecular weight excluding hydrogens is 220 g/mol. The van der Waals surface area contributed by atoms with Crippen molar-refractivity contribution < 1.29 is 14.6 Å². The molecule has 2 rings (SSSR count). The summed E-state index contributed by atoms with van der Waals surface area (Å²) in [4.78, 5) is 12.3. The first kappa shape index (κ1) is 12.6. The number of hydrogen-bond acceptors (Lipinski definition) is 3. The van der Waals surface area contributed by atoms with Crippen LogP contribution >= 0.6 is 0 Å². The maximum Gasteiger partial charge on any atom is 0.407 e. The summed E-state index contributed by atoms with van der Waals surface area (Å²) in [6, 6.07) is 0. The zero-order chi connectivity index (χ0) is 12.1. The zero-order valence-electron chi connectivity index (χ0n) is 10.2. The SMILES string of the molecule is O=C(O)N1CCC(COC2CCNCC2)CC1. The number of rotatable bonds is 3. The molecular formula is C12H22N2O3. The van der Waals surface area contributed by atoms with Crippen LogP contribution in [0.15, 0.2) is 0 Å². The molecule has 5 nitrogen and oxygen atoms in total. The fourth-order valence-corrected chi connectivity index (χ4v) is 2.53. The van der Waals surface area contributed by atoms with Gasteiger partial charge in [-0.2, -0.15) is 0 Å². The summed E-state index contributed by atoms with van der Waals surface area (Å²) < 4.78 is 5.91. The van der Waals surface area contributed by atoms with Crippen LogP contribution in [0.1, 0.15) is 25.7 Å². The van der Waals surface area contributed by atoms with E-state index in [0.29, 0.717) is 25.1 Å². The Morgan fingerprint density at radius 1 is 1.24 bits per heavy atom. The van der Waals surface area contributed by atoms with E-state index in [0.717, 1.165) is 45.4 Å². The second-order valence-electron chi connectivity index (χ2n) is 5.00. The van der Waals surface area contributed by atoms with Gasteiger partial charge in [-0.1, -0.05) is 0 Å². The molecule has 5 heteroatoms. The minimum atomic E-state index is -0.789. The lowest BCUT2D eigenvalue weighted by Gasteiger charge is -2.31. The molecule has 2 aliphatic heterocycles. The zero-order valence-corrected chi connectivity index (χ0v) is 10.2. The first-order valence-electron chi connectivity index (χ1n) is 6.56. The molecule has 0 radical (unpaired) electrons. The van der Waals surface area contributed by atoms with Crippen LogP contribution in [-0.4, -0.2) is 55.0 Å². The minimum Gasteiger partial charge on any atom is -0.465 e. The Kier molecular flexibility index (Phi) is 4.62. The summed E-state index contributed by atoms with van der Waals surface area (Å²) in [6.07, 6.45) is 3.72. The van der Waals surface area contributed by atoms with Gasteiger partial charge in [0.05, 0.1) is 6.10 Å². The standard InChI is InChI=1S/C12H22N2O3/c15-12(16)14-7-3-10(4-8-14)9-17-11-1-5-13-6-2-11/h10-11,13H,1-9H2,(H,15,16). The number of carbonyl (C=O) groups is 1. The molecule has 0 bridgehead atoms. The highest BCUT2D eigenvalue weighted by Crippen LogP contribution is 2.19. The summed E-state index contributed by atoms with van der Waals surface area (Å²) in [6.45, 7) is 4.24. The van der Waals surface area contributed by atoms with Crippen LogP contribution in [0.4, 0.5) is 4.79 Å². The molecule has 2 heterocycles. The Balaban J connectivity index is 1.62. The molecule has 1 amide bonds. The van der Waals surface area contributed by atoms with Crippen molar-refractivity contribution in [1.29, 1.82) is 0 Å². The maximum absolute atomic E-state index is 10.8.